The van der Waals surface area contributed by atoms with Crippen LogP contribution in [0.4, 0.5) is 0 Å². The third kappa shape index (κ3) is 5.14. The fourth-order valence-corrected chi connectivity index (χ4v) is 1.67. The van der Waals surface area contributed by atoms with Gasteiger partial charge < -0.3 is 20.3 Å². The normalized spacial score (nSPS) is 19.8. The quantitative estimate of drug-likeness (QED) is 0.647. The number of hydrogen-bond donors (Lipinski definition) is 2. The summed E-state index contributed by atoms with van der Waals surface area (Å²) in [6, 6.07) is 0.0629. The fourth-order valence-electron chi connectivity index (χ4n) is 1.67. The molecule has 0 bridgehead atoms. The molecule has 98 valence electrons. The third-order valence-electron chi connectivity index (χ3n) is 2.60. The van der Waals surface area contributed by atoms with Gasteiger partial charge >= 0.3 is 0 Å². The largest absolute Gasteiger partial charge is 0.378 e. The number of nitrogens with one attached hydrogen (secondary N) is 2. The molecule has 2 amide bonds. The van der Waals surface area contributed by atoms with Crippen LogP contribution < -0.4 is 10.6 Å². The van der Waals surface area contributed by atoms with E-state index < -0.39 is 0 Å². The molecule has 1 unspecified atom stereocenters. The summed E-state index contributed by atoms with van der Waals surface area (Å²) in [5, 5.41) is 5.87. The Hall–Kier alpha value is -1.14. The van der Waals surface area contributed by atoms with Gasteiger partial charge in [-0.2, -0.15) is 0 Å². The van der Waals surface area contributed by atoms with E-state index in [1.165, 1.54) is 4.90 Å². The van der Waals surface area contributed by atoms with Crippen LogP contribution in [0.2, 0.25) is 0 Å². The number of carbonyl (C=O) groups excluding carboxylic acids is 2. The highest BCUT2D eigenvalue weighted by atomic mass is 16.5. The molecule has 1 heterocycles. The van der Waals surface area contributed by atoms with Crippen LogP contribution in [0.5, 0.6) is 0 Å². The van der Waals surface area contributed by atoms with E-state index in [-0.39, 0.29) is 24.4 Å². The van der Waals surface area contributed by atoms with Crippen LogP contribution in [0.3, 0.4) is 0 Å². The Kier molecular flexibility index (Phi) is 5.93. The van der Waals surface area contributed by atoms with Gasteiger partial charge in [0.1, 0.15) is 0 Å². The second kappa shape index (κ2) is 7.24. The minimum atomic E-state index is -0.129. The number of rotatable bonds is 5. The van der Waals surface area contributed by atoms with E-state index in [1.54, 1.807) is 7.05 Å². The second-order valence-corrected chi connectivity index (χ2v) is 4.13. The van der Waals surface area contributed by atoms with Crippen molar-refractivity contribution in [3.8, 4) is 0 Å². The number of amides is 2. The molecule has 1 saturated heterocycles. The summed E-state index contributed by atoms with van der Waals surface area (Å²) in [4.78, 5) is 24.6. The number of morpholine rings is 1. The summed E-state index contributed by atoms with van der Waals surface area (Å²) in [5.74, 6) is -0.171. The van der Waals surface area contributed by atoms with Gasteiger partial charge in [-0.15, -0.1) is 0 Å². The summed E-state index contributed by atoms with van der Waals surface area (Å²) in [6.07, 6.45) is 0.371. The van der Waals surface area contributed by atoms with Gasteiger partial charge in [-0.25, -0.2) is 0 Å². The average Bonchev–Trinajstić information content (AvgIpc) is 2.30. The SMILES string of the molecule is CCNC(=O)CN(C)C(=O)CC1COCCN1. The number of nitrogens with zero attached hydrogens (tertiary/aromatic N) is 1. The summed E-state index contributed by atoms with van der Waals surface area (Å²) >= 11 is 0. The van der Waals surface area contributed by atoms with Crippen LogP contribution in [-0.4, -0.2) is 62.7 Å². The van der Waals surface area contributed by atoms with Crippen molar-refractivity contribution in [2.24, 2.45) is 0 Å². The first-order valence-electron chi connectivity index (χ1n) is 5.95. The second-order valence-electron chi connectivity index (χ2n) is 4.13. The Bertz CT molecular complexity index is 265. The molecule has 0 aromatic heterocycles. The zero-order valence-corrected chi connectivity index (χ0v) is 10.5. The van der Waals surface area contributed by atoms with Crippen LogP contribution in [-0.2, 0) is 14.3 Å². The molecule has 0 aromatic rings. The summed E-state index contributed by atoms with van der Waals surface area (Å²) in [6.45, 7) is 4.57. The van der Waals surface area contributed by atoms with Gasteiger partial charge in [-0.05, 0) is 6.92 Å². The Morgan fingerprint density at radius 2 is 2.29 bits per heavy atom. The first-order valence-corrected chi connectivity index (χ1v) is 5.95. The van der Waals surface area contributed by atoms with Crippen molar-refractivity contribution in [3.05, 3.63) is 0 Å². The maximum Gasteiger partial charge on any atom is 0.239 e. The van der Waals surface area contributed by atoms with E-state index in [4.69, 9.17) is 4.74 Å². The van der Waals surface area contributed by atoms with E-state index in [0.717, 1.165) is 6.54 Å². The molecule has 17 heavy (non-hydrogen) atoms. The molecule has 0 saturated carbocycles. The fraction of sp³-hybridized carbons (Fsp3) is 0.818. The molecule has 2 N–H and O–H groups in total. The Morgan fingerprint density at radius 1 is 1.53 bits per heavy atom. The molecular weight excluding hydrogens is 222 g/mol. The molecule has 1 rings (SSSR count). The van der Waals surface area contributed by atoms with E-state index in [2.05, 4.69) is 10.6 Å². The lowest BCUT2D eigenvalue weighted by atomic mass is 10.2. The topological polar surface area (TPSA) is 70.7 Å². The van der Waals surface area contributed by atoms with Crippen molar-refractivity contribution >= 4 is 11.8 Å². The van der Waals surface area contributed by atoms with Crippen LogP contribution >= 0.6 is 0 Å². The molecule has 1 fully saturated rings. The van der Waals surface area contributed by atoms with Gasteiger partial charge in [-0.1, -0.05) is 0 Å². The molecule has 0 aliphatic carbocycles. The highest BCUT2D eigenvalue weighted by molar-refractivity contribution is 5.84. The Labute approximate surface area is 102 Å². The summed E-state index contributed by atoms with van der Waals surface area (Å²) in [7, 11) is 1.64. The van der Waals surface area contributed by atoms with Gasteiger partial charge in [0.25, 0.3) is 0 Å². The van der Waals surface area contributed by atoms with Crippen molar-refractivity contribution in [2.45, 2.75) is 19.4 Å². The Morgan fingerprint density at radius 3 is 2.88 bits per heavy atom. The van der Waals surface area contributed by atoms with Crippen molar-refractivity contribution in [1.82, 2.24) is 15.5 Å². The third-order valence-corrected chi connectivity index (χ3v) is 2.60. The van der Waals surface area contributed by atoms with Gasteiger partial charge in [0.05, 0.1) is 19.8 Å². The molecule has 0 spiro atoms. The lowest BCUT2D eigenvalue weighted by molar-refractivity contribution is -0.135. The van der Waals surface area contributed by atoms with Crippen LogP contribution in [0.15, 0.2) is 0 Å². The van der Waals surface area contributed by atoms with Crippen LogP contribution in [0, 0.1) is 0 Å². The van der Waals surface area contributed by atoms with Crippen molar-refractivity contribution in [1.29, 1.82) is 0 Å². The van der Waals surface area contributed by atoms with Crippen LogP contribution in [0.25, 0.3) is 0 Å². The Balaban J connectivity index is 2.28. The lowest BCUT2D eigenvalue weighted by Gasteiger charge is -2.25. The van der Waals surface area contributed by atoms with Gasteiger partial charge in [0, 0.05) is 32.6 Å². The number of hydrogen-bond acceptors (Lipinski definition) is 4. The number of likely N-dealkylation sites (N-methyl/N-ethyl adjacent to an activating group) is 2. The highest BCUT2D eigenvalue weighted by Gasteiger charge is 2.20. The summed E-state index contributed by atoms with van der Waals surface area (Å²) < 4.78 is 5.27. The number of carbonyl (C=O) groups is 2. The first-order chi connectivity index (χ1) is 8.13. The smallest absolute Gasteiger partial charge is 0.239 e. The van der Waals surface area contributed by atoms with Gasteiger partial charge in [0.2, 0.25) is 11.8 Å². The maximum absolute atomic E-state index is 11.8. The van der Waals surface area contributed by atoms with Crippen molar-refractivity contribution < 1.29 is 14.3 Å². The van der Waals surface area contributed by atoms with Crippen molar-refractivity contribution in [3.63, 3.8) is 0 Å². The van der Waals surface area contributed by atoms with E-state index in [9.17, 15) is 9.59 Å². The van der Waals surface area contributed by atoms with Crippen molar-refractivity contribution in [2.75, 3.05) is 39.9 Å². The first kappa shape index (κ1) is 13.9. The zero-order chi connectivity index (χ0) is 12.7. The standard InChI is InChI=1S/C11H21N3O3/c1-3-12-10(15)7-14(2)11(16)6-9-8-17-5-4-13-9/h9,13H,3-8H2,1-2H3,(H,12,15). The minimum absolute atomic E-state index is 0.0424. The van der Waals surface area contributed by atoms with Crippen LogP contribution in [0.1, 0.15) is 13.3 Å². The molecule has 1 aliphatic heterocycles. The highest BCUT2D eigenvalue weighted by Crippen LogP contribution is 2.01. The lowest BCUT2D eigenvalue weighted by Crippen LogP contribution is -2.46. The molecule has 6 heteroatoms. The molecule has 0 aromatic carbocycles. The van der Waals surface area contributed by atoms with Gasteiger partial charge in [0.15, 0.2) is 0 Å². The van der Waals surface area contributed by atoms with Gasteiger partial charge in [-0.3, -0.25) is 9.59 Å². The minimum Gasteiger partial charge on any atom is -0.378 e. The maximum atomic E-state index is 11.8. The molecule has 1 aliphatic rings. The zero-order valence-electron chi connectivity index (χ0n) is 10.5. The molecular formula is C11H21N3O3. The predicted molar refractivity (Wildman–Crippen MR) is 63.5 cm³/mol. The molecule has 1 atom stereocenters. The van der Waals surface area contributed by atoms with E-state index in [0.29, 0.717) is 26.2 Å². The molecule has 0 radical (unpaired) electrons. The number of ether oxygens (including phenoxy) is 1. The average molecular weight is 243 g/mol. The molecule has 6 nitrogen and oxygen atoms in total. The van der Waals surface area contributed by atoms with E-state index >= 15 is 0 Å². The van der Waals surface area contributed by atoms with E-state index in [1.807, 2.05) is 6.92 Å². The monoisotopic (exact) mass is 243 g/mol. The summed E-state index contributed by atoms with van der Waals surface area (Å²) in [5.41, 5.74) is 0. The predicted octanol–water partition coefficient (Wildman–Crippen LogP) is -1.04.